The number of hydrogen-bond acceptors (Lipinski definition) is 6. The van der Waals surface area contributed by atoms with Crippen molar-refractivity contribution >= 4 is 64.1 Å². The summed E-state index contributed by atoms with van der Waals surface area (Å²) in [5, 5.41) is 12.6. The molecule has 2 aromatic rings. The van der Waals surface area contributed by atoms with E-state index < -0.39 is 17.9 Å². The van der Waals surface area contributed by atoms with Gasteiger partial charge in [-0.3, -0.25) is 19.2 Å². The van der Waals surface area contributed by atoms with E-state index in [1.54, 1.807) is 30.5 Å². The standard InChI is InChI=1S/C13H15Cl2N3O2.C11H18O2.C5H5NOS/c14-8-4-9(15)6-10(5-8)17-7-12(19)18-3-1-2-11(18)13(16)20;1-2-3-4-5-6-7-9-8-10(9)11(12)13;1-2-4-3-6-5(7)8-4/h4-6,11,17H,1-3,7H2,(H2,16,20);6-7,9-10H,2-5,8H2,1H3,(H,12,13);2-3H,1H2,(H,6,7)/b;7-6-;. The highest BCUT2D eigenvalue weighted by Gasteiger charge is 2.40. The maximum absolute atomic E-state index is 12.1. The van der Waals surface area contributed by atoms with Crippen LogP contribution in [0.1, 0.15) is 56.7 Å². The Kier molecular flexibility index (Phi) is 14.7. The van der Waals surface area contributed by atoms with Crippen LogP contribution in [-0.2, 0) is 14.4 Å². The lowest BCUT2D eigenvalue weighted by atomic mass is 10.2. The number of benzene rings is 1. The molecular weight excluding hydrogens is 587 g/mol. The van der Waals surface area contributed by atoms with E-state index in [0.717, 1.165) is 35.5 Å². The number of carboxylic acids is 1. The highest BCUT2D eigenvalue weighted by atomic mass is 35.5. The summed E-state index contributed by atoms with van der Waals surface area (Å²) in [6, 6.07) is 4.47. The van der Waals surface area contributed by atoms with Crippen molar-refractivity contribution in [1.29, 1.82) is 0 Å². The lowest BCUT2D eigenvalue weighted by Crippen LogP contribution is -2.45. The second-order valence-electron chi connectivity index (χ2n) is 9.71. The summed E-state index contributed by atoms with van der Waals surface area (Å²) in [6.07, 6.45) is 14.6. The zero-order valence-electron chi connectivity index (χ0n) is 23.1. The van der Waals surface area contributed by atoms with Crippen LogP contribution >= 0.6 is 34.5 Å². The van der Waals surface area contributed by atoms with Gasteiger partial charge in [0.25, 0.3) is 0 Å². The number of nitrogens with two attached hydrogens (primary N) is 1. The number of nitrogens with zero attached hydrogens (tertiary/aromatic N) is 1. The highest BCUT2D eigenvalue weighted by Crippen LogP contribution is 2.39. The van der Waals surface area contributed by atoms with Gasteiger partial charge in [0.1, 0.15) is 6.04 Å². The molecule has 2 amide bonds. The number of unbranched alkanes of at least 4 members (excludes halogenated alkanes) is 3. The van der Waals surface area contributed by atoms with E-state index in [4.69, 9.17) is 34.0 Å². The average Bonchev–Trinajstić information content (AvgIpc) is 3.30. The summed E-state index contributed by atoms with van der Waals surface area (Å²) >= 11 is 12.9. The van der Waals surface area contributed by atoms with Gasteiger partial charge in [-0.15, -0.1) is 0 Å². The van der Waals surface area contributed by atoms with Gasteiger partial charge in [-0.1, -0.05) is 79.1 Å². The maximum Gasteiger partial charge on any atom is 0.307 e. The second-order valence-corrected chi connectivity index (χ2v) is 11.6. The van der Waals surface area contributed by atoms with Crippen LogP contribution in [0, 0.1) is 11.8 Å². The molecule has 1 aromatic carbocycles. The zero-order valence-corrected chi connectivity index (χ0v) is 25.4. The van der Waals surface area contributed by atoms with E-state index in [-0.39, 0.29) is 23.2 Å². The number of rotatable bonds is 11. The maximum atomic E-state index is 12.1. The predicted molar refractivity (Wildman–Crippen MR) is 166 cm³/mol. The van der Waals surface area contributed by atoms with Crippen molar-refractivity contribution in [3.05, 3.63) is 67.7 Å². The molecule has 224 valence electrons. The summed E-state index contributed by atoms with van der Waals surface area (Å²) in [4.78, 5) is 49.1. The summed E-state index contributed by atoms with van der Waals surface area (Å²) in [7, 11) is 0. The first-order chi connectivity index (χ1) is 19.5. The number of halogens is 2. The van der Waals surface area contributed by atoms with Gasteiger partial charge < -0.3 is 26.0 Å². The van der Waals surface area contributed by atoms with Crippen molar-refractivity contribution in [2.24, 2.45) is 17.6 Å². The Balaban J connectivity index is 0.000000239. The van der Waals surface area contributed by atoms with Gasteiger partial charge in [-0.25, -0.2) is 0 Å². The minimum absolute atomic E-state index is 0.0279. The second kappa shape index (κ2) is 17.7. The molecule has 3 unspecified atom stereocenters. The fourth-order valence-electron chi connectivity index (χ4n) is 4.19. The van der Waals surface area contributed by atoms with Crippen LogP contribution in [0.5, 0.6) is 0 Å². The van der Waals surface area contributed by atoms with Gasteiger partial charge in [0.2, 0.25) is 11.8 Å². The van der Waals surface area contributed by atoms with E-state index in [1.165, 1.54) is 24.2 Å². The van der Waals surface area contributed by atoms with Crippen LogP contribution < -0.4 is 15.9 Å². The van der Waals surface area contributed by atoms with Crippen LogP contribution in [0.15, 0.2) is 47.9 Å². The van der Waals surface area contributed by atoms with Gasteiger partial charge in [0.05, 0.1) is 12.5 Å². The third-order valence-electron chi connectivity index (χ3n) is 6.47. The number of H-pyrrole nitrogens is 1. The monoisotopic (exact) mass is 624 g/mol. The molecule has 1 aromatic heterocycles. The molecule has 1 aliphatic heterocycles. The number of carbonyl (C=O) groups excluding carboxylic acids is 2. The van der Waals surface area contributed by atoms with E-state index in [0.29, 0.717) is 34.6 Å². The van der Waals surface area contributed by atoms with E-state index in [9.17, 15) is 19.2 Å². The highest BCUT2D eigenvalue weighted by molar-refractivity contribution is 7.10. The number of likely N-dealkylation sites (tertiary alicyclic amines) is 1. The molecule has 3 atom stereocenters. The summed E-state index contributed by atoms with van der Waals surface area (Å²) in [5.74, 6) is -1.01. The van der Waals surface area contributed by atoms with Crippen LogP contribution in [0.2, 0.25) is 10.0 Å². The Bertz CT molecular complexity index is 1240. The predicted octanol–water partition coefficient (Wildman–Crippen LogP) is 5.80. The summed E-state index contributed by atoms with van der Waals surface area (Å²) in [6.45, 7) is 6.31. The Labute approximate surface area is 254 Å². The molecule has 2 heterocycles. The quantitative estimate of drug-likeness (QED) is 0.183. The molecule has 41 heavy (non-hydrogen) atoms. The number of aromatic amines is 1. The fraction of sp³-hybridized carbons (Fsp3) is 0.448. The number of primary amides is 1. The first-order valence-corrected chi connectivity index (χ1v) is 15.1. The minimum Gasteiger partial charge on any atom is -0.481 e. The van der Waals surface area contributed by atoms with Gasteiger partial charge in [0, 0.05) is 33.4 Å². The first kappa shape index (κ1) is 34.1. The SMILES string of the molecule is C=Cc1c[nH]c(=O)s1.CCCCC/C=C\C1CC1C(=O)O.NC(=O)C1CCCN1C(=O)CNc1cc(Cl)cc(Cl)c1. The van der Waals surface area contributed by atoms with Crippen molar-refractivity contribution in [3.8, 4) is 0 Å². The molecule has 4 rings (SSSR count). The number of carboxylic acid groups (broad SMARTS) is 1. The Morgan fingerprint density at radius 1 is 1.24 bits per heavy atom. The van der Waals surface area contributed by atoms with E-state index >= 15 is 0 Å². The van der Waals surface area contributed by atoms with Gasteiger partial charge in [0.15, 0.2) is 0 Å². The number of aromatic nitrogens is 1. The fourth-order valence-corrected chi connectivity index (χ4v) is 5.25. The van der Waals surface area contributed by atoms with Gasteiger partial charge in [-0.05, 0) is 56.2 Å². The summed E-state index contributed by atoms with van der Waals surface area (Å²) < 4.78 is 0. The molecule has 0 radical (unpaired) electrons. The lowest BCUT2D eigenvalue weighted by molar-refractivity contribution is -0.138. The van der Waals surface area contributed by atoms with E-state index in [2.05, 4.69) is 36.0 Å². The third-order valence-corrected chi connectivity index (χ3v) is 7.73. The van der Waals surface area contributed by atoms with Gasteiger partial charge in [-0.2, -0.15) is 0 Å². The third kappa shape index (κ3) is 12.5. The summed E-state index contributed by atoms with van der Waals surface area (Å²) in [5.41, 5.74) is 5.94. The van der Waals surface area contributed by atoms with Crippen molar-refractivity contribution in [2.75, 3.05) is 18.4 Å². The van der Waals surface area contributed by atoms with E-state index in [1.807, 2.05) is 0 Å². The minimum atomic E-state index is -0.636. The lowest BCUT2D eigenvalue weighted by Gasteiger charge is -2.22. The number of nitrogens with one attached hydrogen (secondary N) is 2. The number of carbonyl (C=O) groups is 3. The Morgan fingerprint density at radius 2 is 1.95 bits per heavy atom. The number of allylic oxidation sites excluding steroid dienone is 2. The smallest absolute Gasteiger partial charge is 0.307 e. The van der Waals surface area contributed by atoms with Crippen LogP contribution in [-0.4, -0.2) is 51.9 Å². The molecule has 0 spiro atoms. The van der Waals surface area contributed by atoms with Crippen molar-refractivity contribution < 1.29 is 19.5 Å². The Morgan fingerprint density at radius 3 is 2.46 bits per heavy atom. The zero-order chi connectivity index (χ0) is 30.4. The first-order valence-electron chi connectivity index (χ1n) is 13.5. The molecule has 1 saturated carbocycles. The topological polar surface area (TPSA) is 146 Å². The number of aliphatic carboxylic acids is 1. The molecule has 5 N–H and O–H groups in total. The average molecular weight is 626 g/mol. The molecule has 9 nitrogen and oxygen atoms in total. The molecule has 2 fully saturated rings. The van der Waals surface area contributed by atoms with Crippen molar-refractivity contribution in [3.63, 3.8) is 0 Å². The van der Waals surface area contributed by atoms with Crippen molar-refractivity contribution in [1.82, 2.24) is 9.88 Å². The molecule has 2 aliphatic rings. The largest absolute Gasteiger partial charge is 0.481 e. The molecule has 1 aliphatic carbocycles. The number of amides is 2. The molecular formula is C29H38Cl2N4O5S. The van der Waals surface area contributed by atoms with Crippen molar-refractivity contribution in [2.45, 2.75) is 57.9 Å². The Hall–Kier alpha value is -3.08. The van der Waals surface area contributed by atoms with Gasteiger partial charge >= 0.3 is 10.8 Å². The van der Waals surface area contributed by atoms with Crippen LogP contribution in [0.3, 0.4) is 0 Å². The number of hydrogen-bond donors (Lipinski definition) is 4. The molecule has 0 bridgehead atoms. The normalized spacial score (nSPS) is 19.0. The molecule has 12 heteroatoms. The van der Waals surface area contributed by atoms with Crippen LogP contribution in [0.4, 0.5) is 5.69 Å². The molecule has 1 saturated heterocycles. The van der Waals surface area contributed by atoms with Crippen LogP contribution in [0.25, 0.3) is 6.08 Å². The number of thiazole rings is 1. The number of anilines is 1.